The molecule has 1 aliphatic rings. The maximum absolute atomic E-state index is 12.5. The third-order valence-corrected chi connectivity index (χ3v) is 5.18. The summed E-state index contributed by atoms with van der Waals surface area (Å²) in [5, 5.41) is 0.0144. The van der Waals surface area contributed by atoms with Gasteiger partial charge < -0.3 is 4.74 Å². The Balaban J connectivity index is 2.30. The van der Waals surface area contributed by atoms with Gasteiger partial charge in [0.15, 0.2) is 0 Å². The van der Waals surface area contributed by atoms with Crippen LogP contribution in [0.25, 0.3) is 0 Å². The van der Waals surface area contributed by atoms with Crippen LogP contribution in [-0.4, -0.2) is 44.0 Å². The summed E-state index contributed by atoms with van der Waals surface area (Å²) < 4.78 is 31.4. The SMILES string of the molecule is COCCN(C1CC1)S(=O)(=O)c1cccnc1Cl. The average Bonchev–Trinajstić information content (AvgIpc) is 3.14. The van der Waals surface area contributed by atoms with Crippen molar-refractivity contribution in [2.45, 2.75) is 23.8 Å². The van der Waals surface area contributed by atoms with Crippen molar-refractivity contribution in [2.24, 2.45) is 0 Å². The zero-order valence-corrected chi connectivity index (χ0v) is 11.6. The lowest BCUT2D eigenvalue weighted by Gasteiger charge is -2.21. The second-order valence-corrected chi connectivity index (χ2v) is 6.35. The molecular formula is C11H15ClN2O3S. The van der Waals surface area contributed by atoms with Gasteiger partial charge in [0.1, 0.15) is 10.0 Å². The fraction of sp³-hybridized carbons (Fsp3) is 0.545. The van der Waals surface area contributed by atoms with Crippen LogP contribution < -0.4 is 0 Å². The molecule has 100 valence electrons. The van der Waals surface area contributed by atoms with E-state index in [-0.39, 0.29) is 16.1 Å². The van der Waals surface area contributed by atoms with Gasteiger partial charge in [-0.2, -0.15) is 4.31 Å². The molecule has 2 rings (SSSR count). The van der Waals surface area contributed by atoms with Gasteiger partial charge in [-0.25, -0.2) is 13.4 Å². The maximum atomic E-state index is 12.5. The molecule has 1 aromatic heterocycles. The molecule has 0 amide bonds. The number of aromatic nitrogens is 1. The number of hydrogen-bond donors (Lipinski definition) is 0. The average molecular weight is 291 g/mol. The van der Waals surface area contributed by atoms with Gasteiger partial charge in [-0.1, -0.05) is 11.6 Å². The molecule has 0 aliphatic heterocycles. The number of pyridine rings is 1. The summed E-state index contributed by atoms with van der Waals surface area (Å²) in [7, 11) is -2.03. The normalized spacial score (nSPS) is 16.2. The van der Waals surface area contributed by atoms with Crippen LogP contribution in [0.5, 0.6) is 0 Å². The van der Waals surface area contributed by atoms with Gasteiger partial charge in [-0.05, 0) is 25.0 Å². The monoisotopic (exact) mass is 290 g/mol. The van der Waals surface area contributed by atoms with E-state index < -0.39 is 10.0 Å². The second kappa shape index (κ2) is 5.52. The summed E-state index contributed by atoms with van der Waals surface area (Å²) in [5.74, 6) is 0. The van der Waals surface area contributed by atoms with Crippen LogP contribution in [0, 0.1) is 0 Å². The minimum atomic E-state index is -3.58. The molecule has 1 aromatic rings. The van der Waals surface area contributed by atoms with Crippen molar-refractivity contribution in [2.75, 3.05) is 20.3 Å². The molecule has 0 unspecified atom stereocenters. The van der Waals surface area contributed by atoms with E-state index in [0.717, 1.165) is 12.8 Å². The van der Waals surface area contributed by atoms with Crippen LogP contribution in [0.2, 0.25) is 5.15 Å². The lowest BCUT2D eigenvalue weighted by atomic mass is 10.5. The van der Waals surface area contributed by atoms with Gasteiger partial charge in [-0.3, -0.25) is 0 Å². The van der Waals surface area contributed by atoms with Gasteiger partial charge in [0.05, 0.1) is 6.61 Å². The molecular weight excluding hydrogens is 276 g/mol. The van der Waals surface area contributed by atoms with E-state index in [0.29, 0.717) is 13.2 Å². The van der Waals surface area contributed by atoms with Crippen LogP contribution in [0.3, 0.4) is 0 Å². The molecule has 1 fully saturated rings. The van der Waals surface area contributed by atoms with Crippen LogP contribution in [0.1, 0.15) is 12.8 Å². The topological polar surface area (TPSA) is 59.5 Å². The minimum absolute atomic E-state index is 0.0144. The zero-order chi connectivity index (χ0) is 13.2. The Hall–Kier alpha value is -0.690. The van der Waals surface area contributed by atoms with Gasteiger partial charge >= 0.3 is 0 Å². The summed E-state index contributed by atoms with van der Waals surface area (Å²) in [4.78, 5) is 3.88. The number of hydrogen-bond acceptors (Lipinski definition) is 4. The third-order valence-electron chi connectivity index (χ3n) is 2.78. The van der Waals surface area contributed by atoms with Gasteiger partial charge in [0.25, 0.3) is 0 Å². The summed E-state index contributed by atoms with van der Waals surface area (Å²) in [6.07, 6.45) is 3.25. The molecule has 0 aromatic carbocycles. The Morgan fingerprint density at radius 2 is 2.28 bits per heavy atom. The predicted octanol–water partition coefficient (Wildman–Crippen LogP) is 1.53. The van der Waals surface area contributed by atoms with Crippen molar-refractivity contribution in [3.8, 4) is 0 Å². The van der Waals surface area contributed by atoms with Gasteiger partial charge in [0, 0.05) is 25.9 Å². The van der Waals surface area contributed by atoms with Crippen molar-refractivity contribution in [3.63, 3.8) is 0 Å². The molecule has 1 aliphatic carbocycles. The van der Waals surface area contributed by atoms with Crippen molar-refractivity contribution >= 4 is 21.6 Å². The first kappa shape index (κ1) is 13.7. The van der Waals surface area contributed by atoms with E-state index >= 15 is 0 Å². The number of nitrogens with zero attached hydrogens (tertiary/aromatic N) is 2. The van der Waals surface area contributed by atoms with Crippen LogP contribution in [-0.2, 0) is 14.8 Å². The number of halogens is 1. The Bertz CT molecular complexity index is 517. The highest BCUT2D eigenvalue weighted by Crippen LogP contribution is 2.33. The van der Waals surface area contributed by atoms with Gasteiger partial charge in [0.2, 0.25) is 10.0 Å². The highest BCUT2D eigenvalue weighted by atomic mass is 35.5. The molecule has 0 saturated heterocycles. The molecule has 0 bridgehead atoms. The highest BCUT2D eigenvalue weighted by molar-refractivity contribution is 7.89. The molecule has 18 heavy (non-hydrogen) atoms. The molecule has 0 N–H and O–H groups in total. The van der Waals surface area contributed by atoms with E-state index in [1.54, 1.807) is 13.2 Å². The van der Waals surface area contributed by atoms with Crippen molar-refractivity contribution in [3.05, 3.63) is 23.5 Å². The molecule has 0 radical (unpaired) electrons. The van der Waals surface area contributed by atoms with E-state index in [1.807, 2.05) is 0 Å². The maximum Gasteiger partial charge on any atom is 0.246 e. The molecule has 1 saturated carbocycles. The number of rotatable bonds is 6. The quantitative estimate of drug-likeness (QED) is 0.746. The molecule has 7 heteroatoms. The first-order chi connectivity index (χ1) is 8.57. The predicted molar refractivity (Wildman–Crippen MR) is 68.0 cm³/mol. The number of methoxy groups -OCH3 is 1. The zero-order valence-electron chi connectivity index (χ0n) is 10.0. The second-order valence-electron chi connectivity index (χ2n) is 4.13. The van der Waals surface area contributed by atoms with E-state index in [1.165, 1.54) is 16.6 Å². The summed E-state index contributed by atoms with van der Waals surface area (Å²) in [6, 6.07) is 3.12. The Kier molecular flexibility index (Phi) is 4.21. The van der Waals surface area contributed by atoms with Gasteiger partial charge in [-0.15, -0.1) is 0 Å². The molecule has 0 spiro atoms. The van der Waals surface area contributed by atoms with Crippen molar-refractivity contribution in [1.29, 1.82) is 0 Å². The highest BCUT2D eigenvalue weighted by Gasteiger charge is 2.38. The largest absolute Gasteiger partial charge is 0.383 e. The van der Waals surface area contributed by atoms with E-state index in [9.17, 15) is 8.42 Å². The lowest BCUT2D eigenvalue weighted by molar-refractivity contribution is 0.177. The summed E-state index contributed by atoms with van der Waals surface area (Å²) >= 11 is 5.86. The first-order valence-corrected chi connectivity index (χ1v) is 7.50. The van der Waals surface area contributed by atoms with Crippen molar-refractivity contribution in [1.82, 2.24) is 9.29 Å². The number of ether oxygens (including phenoxy) is 1. The summed E-state index contributed by atoms with van der Waals surface area (Å²) in [5.41, 5.74) is 0. The lowest BCUT2D eigenvalue weighted by Crippen LogP contribution is -2.36. The van der Waals surface area contributed by atoms with Crippen LogP contribution in [0.4, 0.5) is 0 Å². The van der Waals surface area contributed by atoms with E-state index in [2.05, 4.69) is 4.98 Å². The van der Waals surface area contributed by atoms with Crippen molar-refractivity contribution < 1.29 is 13.2 Å². The molecule has 5 nitrogen and oxygen atoms in total. The molecule has 0 atom stereocenters. The Labute approximate surface area is 112 Å². The van der Waals surface area contributed by atoms with E-state index in [4.69, 9.17) is 16.3 Å². The number of sulfonamides is 1. The third kappa shape index (κ3) is 2.83. The fourth-order valence-electron chi connectivity index (χ4n) is 1.73. The minimum Gasteiger partial charge on any atom is -0.383 e. The van der Waals surface area contributed by atoms with Crippen LogP contribution in [0.15, 0.2) is 23.2 Å². The van der Waals surface area contributed by atoms with Crippen LogP contribution >= 0.6 is 11.6 Å². The Morgan fingerprint density at radius 1 is 1.56 bits per heavy atom. The first-order valence-electron chi connectivity index (χ1n) is 5.68. The fourth-order valence-corrected chi connectivity index (χ4v) is 3.83. The Morgan fingerprint density at radius 3 is 2.83 bits per heavy atom. The standard InChI is InChI=1S/C11H15ClN2O3S/c1-17-8-7-14(9-4-5-9)18(15,16)10-3-2-6-13-11(10)12/h2-3,6,9H,4-5,7-8H2,1H3. The molecule has 1 heterocycles. The summed E-state index contributed by atoms with van der Waals surface area (Å²) in [6.45, 7) is 0.711. The smallest absolute Gasteiger partial charge is 0.246 e.